The second-order valence-corrected chi connectivity index (χ2v) is 2.84. The van der Waals surface area contributed by atoms with Crippen molar-refractivity contribution >= 4 is 5.78 Å². The zero-order valence-corrected chi connectivity index (χ0v) is 7.39. The van der Waals surface area contributed by atoms with E-state index < -0.39 is 0 Å². The molecule has 0 aliphatic rings. The van der Waals surface area contributed by atoms with E-state index in [2.05, 4.69) is 12.8 Å². The molecule has 0 spiro atoms. The first-order chi connectivity index (χ1) is 5.22. The number of ketones is 1. The Hall–Kier alpha value is -0.770. The molecule has 0 saturated heterocycles. The van der Waals surface area contributed by atoms with E-state index in [1.807, 2.05) is 0 Å². The minimum absolute atomic E-state index is 0.205. The number of hydrogen-bond acceptors (Lipinski definition) is 1. The van der Waals surface area contributed by atoms with Gasteiger partial charge < -0.3 is 0 Å². The third-order valence-electron chi connectivity index (χ3n) is 1.85. The summed E-state index contributed by atoms with van der Waals surface area (Å²) in [6.45, 7) is 3.74. The zero-order chi connectivity index (χ0) is 8.69. The van der Waals surface area contributed by atoms with E-state index in [0.717, 1.165) is 25.7 Å². The van der Waals surface area contributed by atoms with Gasteiger partial charge in [0.15, 0.2) is 0 Å². The quantitative estimate of drug-likeness (QED) is 0.553. The predicted molar refractivity (Wildman–Crippen MR) is 47.1 cm³/mol. The van der Waals surface area contributed by atoms with E-state index in [0.29, 0.717) is 0 Å². The molecular formula is C10H16O. The summed E-state index contributed by atoms with van der Waals surface area (Å²) in [6.07, 6.45) is 8.75. The zero-order valence-electron chi connectivity index (χ0n) is 7.39. The number of carbonyl (C=O) groups excluding carboxylic acids is 1. The van der Waals surface area contributed by atoms with Crippen molar-refractivity contribution in [1.82, 2.24) is 0 Å². The first kappa shape index (κ1) is 10.2. The molecule has 0 heterocycles. The minimum Gasteiger partial charge on any atom is -0.300 e. The molecule has 0 radical (unpaired) electrons. The molecule has 0 rings (SSSR count). The Bertz CT molecular complexity index is 153. The molecule has 0 bridgehead atoms. The molecule has 0 aromatic heterocycles. The first-order valence-electron chi connectivity index (χ1n) is 4.16. The fraction of sp³-hybridized carbons (Fsp3) is 0.700. The Balaban J connectivity index is 3.71. The molecule has 11 heavy (non-hydrogen) atoms. The molecule has 0 aromatic carbocycles. The summed E-state index contributed by atoms with van der Waals surface area (Å²) >= 11 is 0. The van der Waals surface area contributed by atoms with Crippen LogP contribution in [0.5, 0.6) is 0 Å². The van der Waals surface area contributed by atoms with Gasteiger partial charge in [0.25, 0.3) is 0 Å². The van der Waals surface area contributed by atoms with E-state index in [4.69, 9.17) is 6.42 Å². The van der Waals surface area contributed by atoms with Crippen LogP contribution in [0.3, 0.4) is 0 Å². The number of Topliss-reactive ketones (excluding diaryl/α,β-unsaturated/α-hetero) is 1. The summed E-state index contributed by atoms with van der Waals surface area (Å²) in [5.41, 5.74) is 0. The van der Waals surface area contributed by atoms with Gasteiger partial charge >= 0.3 is 0 Å². The Morgan fingerprint density at radius 1 is 1.55 bits per heavy atom. The van der Waals surface area contributed by atoms with Crippen molar-refractivity contribution in [3.8, 4) is 12.3 Å². The van der Waals surface area contributed by atoms with Crippen LogP contribution in [-0.4, -0.2) is 5.78 Å². The van der Waals surface area contributed by atoms with Crippen molar-refractivity contribution in [1.29, 1.82) is 0 Å². The minimum atomic E-state index is 0.205. The highest BCUT2D eigenvalue weighted by atomic mass is 16.1. The van der Waals surface area contributed by atoms with Crippen LogP contribution in [0, 0.1) is 18.3 Å². The number of rotatable bonds is 5. The lowest BCUT2D eigenvalue weighted by Crippen LogP contribution is -2.09. The van der Waals surface area contributed by atoms with Gasteiger partial charge in [-0.25, -0.2) is 0 Å². The van der Waals surface area contributed by atoms with Gasteiger partial charge in [0.2, 0.25) is 0 Å². The predicted octanol–water partition coefficient (Wildman–Crippen LogP) is 2.41. The van der Waals surface area contributed by atoms with E-state index in [1.54, 1.807) is 6.92 Å². The molecule has 0 aromatic rings. The lowest BCUT2D eigenvalue weighted by atomic mass is 9.94. The fourth-order valence-electron chi connectivity index (χ4n) is 1.16. The molecule has 0 fully saturated rings. The van der Waals surface area contributed by atoms with Crippen molar-refractivity contribution in [2.75, 3.05) is 0 Å². The van der Waals surface area contributed by atoms with Gasteiger partial charge in [0.05, 0.1) is 0 Å². The fourth-order valence-corrected chi connectivity index (χ4v) is 1.16. The first-order valence-corrected chi connectivity index (χ1v) is 4.16. The summed E-state index contributed by atoms with van der Waals surface area (Å²) in [5, 5.41) is 0. The van der Waals surface area contributed by atoms with Gasteiger partial charge in [-0.1, -0.05) is 13.3 Å². The van der Waals surface area contributed by atoms with Crippen molar-refractivity contribution < 1.29 is 4.79 Å². The SMILES string of the molecule is C#CCCC(CCC)C(C)=O. The Kier molecular flexibility index (Phi) is 5.56. The summed E-state index contributed by atoms with van der Waals surface area (Å²) in [4.78, 5) is 11.0. The monoisotopic (exact) mass is 152 g/mol. The second kappa shape index (κ2) is 5.97. The Morgan fingerprint density at radius 2 is 2.18 bits per heavy atom. The summed E-state index contributed by atoms with van der Waals surface area (Å²) < 4.78 is 0. The third kappa shape index (κ3) is 4.61. The molecule has 0 aliphatic carbocycles. The highest BCUT2D eigenvalue weighted by Crippen LogP contribution is 2.13. The third-order valence-corrected chi connectivity index (χ3v) is 1.85. The van der Waals surface area contributed by atoms with Crippen LogP contribution in [0.2, 0.25) is 0 Å². The highest BCUT2D eigenvalue weighted by molar-refractivity contribution is 5.78. The molecule has 62 valence electrons. The van der Waals surface area contributed by atoms with Gasteiger partial charge in [0, 0.05) is 12.3 Å². The van der Waals surface area contributed by atoms with Gasteiger partial charge in [-0.05, 0) is 19.8 Å². The number of terminal acetylenes is 1. The average Bonchev–Trinajstić information content (AvgIpc) is 1.97. The molecule has 1 unspecified atom stereocenters. The van der Waals surface area contributed by atoms with E-state index in [-0.39, 0.29) is 11.7 Å². The molecule has 1 atom stereocenters. The van der Waals surface area contributed by atoms with Crippen molar-refractivity contribution in [3.63, 3.8) is 0 Å². The van der Waals surface area contributed by atoms with Crippen LogP contribution in [0.1, 0.15) is 39.5 Å². The molecule has 0 aliphatic heterocycles. The number of carbonyl (C=O) groups is 1. The van der Waals surface area contributed by atoms with Crippen molar-refractivity contribution in [2.45, 2.75) is 39.5 Å². The van der Waals surface area contributed by atoms with Gasteiger partial charge in [-0.15, -0.1) is 12.3 Å². The molecule has 1 heteroatoms. The van der Waals surface area contributed by atoms with Crippen LogP contribution in [-0.2, 0) is 4.79 Å². The lowest BCUT2D eigenvalue weighted by molar-refractivity contribution is -0.121. The smallest absolute Gasteiger partial charge is 0.132 e. The van der Waals surface area contributed by atoms with E-state index in [9.17, 15) is 4.79 Å². The largest absolute Gasteiger partial charge is 0.300 e. The van der Waals surface area contributed by atoms with Crippen LogP contribution in [0.4, 0.5) is 0 Å². The normalized spacial score (nSPS) is 12.1. The van der Waals surface area contributed by atoms with Crippen LogP contribution in [0.15, 0.2) is 0 Å². The highest BCUT2D eigenvalue weighted by Gasteiger charge is 2.11. The van der Waals surface area contributed by atoms with Crippen molar-refractivity contribution in [3.05, 3.63) is 0 Å². The Morgan fingerprint density at radius 3 is 2.55 bits per heavy atom. The van der Waals surface area contributed by atoms with Crippen molar-refractivity contribution in [2.24, 2.45) is 5.92 Å². The van der Waals surface area contributed by atoms with Crippen LogP contribution < -0.4 is 0 Å². The van der Waals surface area contributed by atoms with Crippen LogP contribution >= 0.6 is 0 Å². The number of hydrogen-bond donors (Lipinski definition) is 0. The standard InChI is InChI=1S/C10H16O/c1-4-6-8-10(7-5-2)9(3)11/h1,10H,5-8H2,2-3H3. The van der Waals surface area contributed by atoms with E-state index >= 15 is 0 Å². The molecule has 0 amide bonds. The maximum atomic E-state index is 11.0. The second-order valence-electron chi connectivity index (χ2n) is 2.84. The molecule has 0 saturated carbocycles. The van der Waals surface area contributed by atoms with Crippen LogP contribution in [0.25, 0.3) is 0 Å². The average molecular weight is 152 g/mol. The van der Waals surface area contributed by atoms with Gasteiger partial charge in [0.1, 0.15) is 5.78 Å². The van der Waals surface area contributed by atoms with Gasteiger partial charge in [-0.3, -0.25) is 4.79 Å². The summed E-state index contributed by atoms with van der Waals surface area (Å²) in [7, 11) is 0. The van der Waals surface area contributed by atoms with E-state index in [1.165, 1.54) is 0 Å². The maximum Gasteiger partial charge on any atom is 0.132 e. The molecule has 1 nitrogen and oxygen atoms in total. The lowest BCUT2D eigenvalue weighted by Gasteiger charge is -2.09. The molecule has 0 N–H and O–H groups in total. The van der Waals surface area contributed by atoms with Gasteiger partial charge in [-0.2, -0.15) is 0 Å². The molecular weight excluding hydrogens is 136 g/mol. The topological polar surface area (TPSA) is 17.1 Å². The summed E-state index contributed by atoms with van der Waals surface area (Å²) in [6, 6.07) is 0. The maximum absolute atomic E-state index is 11.0. The summed E-state index contributed by atoms with van der Waals surface area (Å²) in [5.74, 6) is 3.04. The Labute approximate surface area is 69.2 Å².